The van der Waals surface area contributed by atoms with Crippen molar-refractivity contribution in [3.05, 3.63) is 29.7 Å². The van der Waals surface area contributed by atoms with Crippen LogP contribution in [0.3, 0.4) is 0 Å². The van der Waals surface area contributed by atoms with Gasteiger partial charge in [0.15, 0.2) is 5.65 Å². The Labute approximate surface area is 116 Å². The van der Waals surface area contributed by atoms with Gasteiger partial charge in [0.2, 0.25) is 5.92 Å². The van der Waals surface area contributed by atoms with E-state index < -0.39 is 5.92 Å². The van der Waals surface area contributed by atoms with Crippen LogP contribution < -0.4 is 5.73 Å². The van der Waals surface area contributed by atoms with E-state index in [-0.39, 0.29) is 24.8 Å². The predicted octanol–water partition coefficient (Wildman–Crippen LogP) is 2.86. The average molecular weight is 280 g/mol. The van der Waals surface area contributed by atoms with Crippen LogP contribution in [0.2, 0.25) is 0 Å². The number of rotatable bonds is 2. The fourth-order valence-corrected chi connectivity index (χ4v) is 2.82. The van der Waals surface area contributed by atoms with Gasteiger partial charge < -0.3 is 5.73 Å². The van der Waals surface area contributed by atoms with Gasteiger partial charge in [-0.25, -0.2) is 18.3 Å². The number of imidazole rings is 1. The third kappa shape index (κ3) is 2.52. The zero-order valence-electron chi connectivity index (χ0n) is 11.4. The van der Waals surface area contributed by atoms with Crippen LogP contribution in [0, 0.1) is 12.8 Å². The molecular weight excluding hydrogens is 262 g/mol. The van der Waals surface area contributed by atoms with Gasteiger partial charge in [-0.05, 0) is 37.8 Å². The number of aryl methyl sites for hydroxylation is 1. The summed E-state index contributed by atoms with van der Waals surface area (Å²) in [6, 6.07) is 3.47. The molecule has 0 radical (unpaired) electrons. The highest BCUT2D eigenvalue weighted by molar-refractivity contribution is 5.39. The highest BCUT2D eigenvalue weighted by Gasteiger charge is 2.37. The van der Waals surface area contributed by atoms with Gasteiger partial charge in [-0.3, -0.25) is 0 Å². The first-order valence-electron chi connectivity index (χ1n) is 6.91. The molecule has 1 saturated carbocycles. The Kier molecular flexibility index (Phi) is 3.20. The van der Waals surface area contributed by atoms with Crippen molar-refractivity contribution in [2.75, 3.05) is 0 Å². The molecule has 0 aromatic carbocycles. The number of aromatic nitrogens is 3. The number of hydrogen-bond donors (Lipinski definition) is 1. The first-order chi connectivity index (χ1) is 9.44. The minimum Gasteiger partial charge on any atom is -0.322 e. The van der Waals surface area contributed by atoms with Gasteiger partial charge in [0.1, 0.15) is 0 Å². The highest BCUT2D eigenvalue weighted by atomic mass is 19.3. The Hall–Kier alpha value is -1.56. The average Bonchev–Trinajstić information content (AvgIpc) is 2.80. The van der Waals surface area contributed by atoms with Crippen molar-refractivity contribution in [2.24, 2.45) is 11.7 Å². The van der Waals surface area contributed by atoms with Crippen molar-refractivity contribution in [3.8, 4) is 0 Å². The van der Waals surface area contributed by atoms with Crippen LogP contribution >= 0.6 is 0 Å². The van der Waals surface area contributed by atoms with Crippen LogP contribution in [0.5, 0.6) is 0 Å². The Morgan fingerprint density at radius 3 is 2.75 bits per heavy atom. The van der Waals surface area contributed by atoms with Crippen LogP contribution in [-0.4, -0.2) is 20.5 Å². The Bertz CT molecular complexity index is 613. The summed E-state index contributed by atoms with van der Waals surface area (Å²) in [4.78, 5) is 4.45. The maximum absolute atomic E-state index is 13.2. The Morgan fingerprint density at radius 2 is 2.05 bits per heavy atom. The van der Waals surface area contributed by atoms with Crippen molar-refractivity contribution < 1.29 is 8.78 Å². The first kappa shape index (κ1) is 13.4. The summed E-state index contributed by atoms with van der Waals surface area (Å²) in [6.07, 6.45) is 2.56. The Morgan fingerprint density at radius 1 is 1.35 bits per heavy atom. The van der Waals surface area contributed by atoms with Crippen molar-refractivity contribution >= 4 is 5.65 Å². The van der Waals surface area contributed by atoms with Gasteiger partial charge in [-0.15, -0.1) is 0 Å². The molecule has 1 atom stereocenters. The van der Waals surface area contributed by atoms with Crippen molar-refractivity contribution in [3.63, 3.8) is 0 Å². The fraction of sp³-hybridized carbons (Fsp3) is 0.571. The lowest BCUT2D eigenvalue weighted by Gasteiger charge is -2.31. The predicted molar refractivity (Wildman–Crippen MR) is 71.6 cm³/mol. The molecular formula is C14H18F2N4. The van der Waals surface area contributed by atoms with Crippen molar-refractivity contribution in [1.29, 1.82) is 0 Å². The molecule has 3 rings (SSSR count). The first-order valence-corrected chi connectivity index (χ1v) is 6.91. The second-order valence-corrected chi connectivity index (χ2v) is 5.66. The monoisotopic (exact) mass is 280 g/mol. The van der Waals surface area contributed by atoms with E-state index in [1.807, 2.05) is 19.1 Å². The van der Waals surface area contributed by atoms with E-state index in [0.717, 1.165) is 17.0 Å². The van der Waals surface area contributed by atoms with Gasteiger partial charge in [-0.2, -0.15) is 5.10 Å². The third-order valence-electron chi connectivity index (χ3n) is 4.08. The zero-order chi connectivity index (χ0) is 14.3. The standard InChI is InChI=1S/C14H18F2N4/c1-9-2-3-12-18-11(8-20(12)19-9)13(17)10-4-6-14(15,16)7-5-10/h2-3,8,10,13H,4-7,17H2,1H3. The molecule has 20 heavy (non-hydrogen) atoms. The summed E-state index contributed by atoms with van der Waals surface area (Å²) in [5.74, 6) is -2.45. The van der Waals surface area contributed by atoms with Gasteiger partial charge in [0.25, 0.3) is 0 Å². The second kappa shape index (κ2) is 4.77. The smallest absolute Gasteiger partial charge is 0.248 e. The zero-order valence-corrected chi connectivity index (χ0v) is 11.4. The van der Waals surface area contributed by atoms with E-state index in [1.165, 1.54) is 0 Å². The summed E-state index contributed by atoms with van der Waals surface area (Å²) in [5, 5.41) is 4.33. The molecule has 1 fully saturated rings. The van der Waals surface area contributed by atoms with Crippen molar-refractivity contribution in [2.45, 2.75) is 44.6 Å². The largest absolute Gasteiger partial charge is 0.322 e. The second-order valence-electron chi connectivity index (χ2n) is 5.66. The molecule has 4 nitrogen and oxygen atoms in total. The molecule has 2 heterocycles. The van der Waals surface area contributed by atoms with Gasteiger partial charge in [-0.1, -0.05) is 0 Å². The van der Waals surface area contributed by atoms with Gasteiger partial charge in [0, 0.05) is 12.8 Å². The van der Waals surface area contributed by atoms with Gasteiger partial charge >= 0.3 is 0 Å². The number of halogens is 2. The molecule has 108 valence electrons. The van der Waals surface area contributed by atoms with Crippen LogP contribution in [0.4, 0.5) is 8.78 Å². The van der Waals surface area contributed by atoms with Crippen LogP contribution in [0.1, 0.15) is 43.1 Å². The summed E-state index contributed by atoms with van der Waals surface area (Å²) < 4.78 is 28.1. The van der Waals surface area contributed by atoms with Gasteiger partial charge in [0.05, 0.1) is 23.6 Å². The van der Waals surface area contributed by atoms with Crippen LogP contribution in [-0.2, 0) is 0 Å². The van der Waals surface area contributed by atoms with E-state index in [9.17, 15) is 8.78 Å². The molecule has 2 aromatic heterocycles. The third-order valence-corrected chi connectivity index (χ3v) is 4.08. The Balaban J connectivity index is 1.80. The van der Waals surface area contributed by atoms with E-state index in [0.29, 0.717) is 12.8 Å². The van der Waals surface area contributed by atoms with Crippen molar-refractivity contribution in [1.82, 2.24) is 14.6 Å². The molecule has 0 saturated heterocycles. The molecule has 1 aliphatic rings. The lowest BCUT2D eigenvalue weighted by atomic mass is 9.81. The molecule has 2 aromatic rings. The lowest BCUT2D eigenvalue weighted by molar-refractivity contribution is -0.0484. The molecule has 0 amide bonds. The van der Waals surface area contributed by atoms with E-state index in [2.05, 4.69) is 10.1 Å². The highest BCUT2D eigenvalue weighted by Crippen LogP contribution is 2.40. The van der Waals surface area contributed by atoms with E-state index in [4.69, 9.17) is 5.73 Å². The minimum absolute atomic E-state index is 0.0700. The minimum atomic E-state index is -2.52. The van der Waals surface area contributed by atoms with E-state index >= 15 is 0 Å². The molecule has 6 heteroatoms. The maximum Gasteiger partial charge on any atom is 0.248 e. The number of alkyl halides is 2. The van der Waals surface area contributed by atoms with Crippen LogP contribution in [0.25, 0.3) is 5.65 Å². The van der Waals surface area contributed by atoms with Crippen LogP contribution in [0.15, 0.2) is 18.3 Å². The summed E-state index contributed by atoms with van der Waals surface area (Å²) in [7, 11) is 0. The topological polar surface area (TPSA) is 56.2 Å². The molecule has 1 aliphatic carbocycles. The lowest BCUT2D eigenvalue weighted by Crippen LogP contribution is -2.31. The molecule has 1 unspecified atom stereocenters. The molecule has 0 bridgehead atoms. The summed E-state index contributed by atoms with van der Waals surface area (Å²) in [5.41, 5.74) is 8.58. The summed E-state index contributed by atoms with van der Waals surface area (Å²) in [6.45, 7) is 1.91. The molecule has 2 N–H and O–H groups in total. The van der Waals surface area contributed by atoms with E-state index in [1.54, 1.807) is 10.7 Å². The molecule has 0 spiro atoms. The molecule has 0 aliphatic heterocycles. The SMILES string of the molecule is Cc1ccc2nc(C(N)C3CCC(F)(F)CC3)cn2n1. The normalized spacial score (nSPS) is 21.2. The number of fused-ring (bicyclic) bond motifs is 1. The quantitative estimate of drug-likeness (QED) is 0.920. The summed E-state index contributed by atoms with van der Waals surface area (Å²) >= 11 is 0. The maximum atomic E-state index is 13.2. The fourth-order valence-electron chi connectivity index (χ4n) is 2.82. The number of nitrogens with two attached hydrogens (primary N) is 1. The number of hydrogen-bond acceptors (Lipinski definition) is 3. The number of nitrogens with zero attached hydrogens (tertiary/aromatic N) is 3.